The van der Waals surface area contributed by atoms with Gasteiger partial charge in [-0.05, 0) is 30.7 Å². The van der Waals surface area contributed by atoms with E-state index in [9.17, 15) is 24.5 Å². The predicted octanol–water partition coefficient (Wildman–Crippen LogP) is 2.77. The number of nitrogens with zero attached hydrogens (tertiary/aromatic N) is 2. The van der Waals surface area contributed by atoms with Crippen molar-refractivity contribution in [2.24, 2.45) is 0 Å². The van der Waals surface area contributed by atoms with Gasteiger partial charge in [0.2, 0.25) is 5.91 Å². The smallest absolute Gasteiger partial charge is 0.338 e. The fourth-order valence-electron chi connectivity index (χ4n) is 3.17. The van der Waals surface area contributed by atoms with Crippen molar-refractivity contribution in [1.82, 2.24) is 0 Å². The molecule has 10 nitrogen and oxygen atoms in total. The third-order valence-electron chi connectivity index (χ3n) is 4.61. The lowest BCUT2D eigenvalue weighted by atomic mass is 10.1. The van der Waals surface area contributed by atoms with Crippen molar-refractivity contribution in [3.63, 3.8) is 0 Å². The zero-order valence-electron chi connectivity index (χ0n) is 16.3. The van der Waals surface area contributed by atoms with Gasteiger partial charge in [0.15, 0.2) is 0 Å². The maximum atomic E-state index is 12.7. The molecule has 30 heavy (non-hydrogen) atoms. The molecule has 0 atom stereocenters. The van der Waals surface area contributed by atoms with Crippen LogP contribution in [-0.2, 0) is 9.53 Å². The Labute approximate surface area is 171 Å². The highest BCUT2D eigenvalue weighted by Crippen LogP contribution is 2.34. The van der Waals surface area contributed by atoms with Crippen molar-refractivity contribution in [2.45, 2.75) is 12.8 Å². The largest absolute Gasteiger partial charge is 0.495 e. The first-order valence-corrected chi connectivity index (χ1v) is 9.01. The number of esters is 1. The normalized spacial score (nSPS) is 13.1. The van der Waals surface area contributed by atoms with Gasteiger partial charge in [-0.1, -0.05) is 0 Å². The standard InChI is InChI=1S/C20H19N3O7/c1-29-17-6-5-14(11-16(17)22-7-3-4-18(22)24)21-19(25)12-8-13(20(26)30-2)10-15(9-12)23(27)28/h5-6,8-11H,3-4,7H2,1-2H3,(H,21,25). The molecule has 0 spiro atoms. The maximum absolute atomic E-state index is 12.7. The summed E-state index contributed by atoms with van der Waals surface area (Å²) >= 11 is 0. The third-order valence-corrected chi connectivity index (χ3v) is 4.61. The fourth-order valence-corrected chi connectivity index (χ4v) is 3.17. The molecular formula is C20H19N3O7. The number of nitro benzene ring substituents is 1. The Hall–Kier alpha value is -3.95. The minimum Gasteiger partial charge on any atom is -0.495 e. The van der Waals surface area contributed by atoms with E-state index >= 15 is 0 Å². The van der Waals surface area contributed by atoms with Gasteiger partial charge in [0.25, 0.3) is 11.6 Å². The van der Waals surface area contributed by atoms with Gasteiger partial charge in [-0.2, -0.15) is 0 Å². The molecule has 1 aliphatic rings. The van der Waals surface area contributed by atoms with Gasteiger partial charge in [0.1, 0.15) is 5.75 Å². The summed E-state index contributed by atoms with van der Waals surface area (Å²) in [6, 6.07) is 8.10. The van der Waals surface area contributed by atoms with Crippen LogP contribution < -0.4 is 15.0 Å². The van der Waals surface area contributed by atoms with Crippen molar-refractivity contribution in [1.29, 1.82) is 0 Å². The fraction of sp³-hybridized carbons (Fsp3) is 0.250. The van der Waals surface area contributed by atoms with Crippen molar-refractivity contribution in [3.05, 3.63) is 57.6 Å². The van der Waals surface area contributed by atoms with Crippen LogP contribution in [0.4, 0.5) is 17.1 Å². The second-order valence-corrected chi connectivity index (χ2v) is 6.51. The Kier molecular flexibility index (Phi) is 5.95. The van der Waals surface area contributed by atoms with Crippen LogP contribution >= 0.6 is 0 Å². The number of nitrogens with one attached hydrogen (secondary N) is 1. The van der Waals surface area contributed by atoms with Crippen LogP contribution in [0.15, 0.2) is 36.4 Å². The van der Waals surface area contributed by atoms with E-state index in [1.165, 1.54) is 13.2 Å². The van der Waals surface area contributed by atoms with Crippen molar-refractivity contribution < 1.29 is 28.8 Å². The van der Waals surface area contributed by atoms with Crippen molar-refractivity contribution >= 4 is 34.8 Å². The number of benzene rings is 2. The van der Waals surface area contributed by atoms with E-state index in [0.29, 0.717) is 30.1 Å². The molecule has 2 amide bonds. The van der Waals surface area contributed by atoms with Gasteiger partial charge in [-0.25, -0.2) is 4.79 Å². The monoisotopic (exact) mass is 413 g/mol. The number of methoxy groups -OCH3 is 2. The Morgan fingerprint density at radius 2 is 1.87 bits per heavy atom. The zero-order chi connectivity index (χ0) is 21.8. The Morgan fingerprint density at radius 1 is 1.13 bits per heavy atom. The van der Waals surface area contributed by atoms with E-state index in [4.69, 9.17) is 4.74 Å². The average molecular weight is 413 g/mol. The molecule has 1 fully saturated rings. The van der Waals surface area contributed by atoms with Crippen LogP contribution in [0.25, 0.3) is 0 Å². The van der Waals surface area contributed by atoms with E-state index in [1.807, 2.05) is 0 Å². The lowest BCUT2D eigenvalue weighted by molar-refractivity contribution is -0.384. The molecule has 2 aromatic rings. The second-order valence-electron chi connectivity index (χ2n) is 6.51. The van der Waals surface area contributed by atoms with Crippen LogP contribution in [0.3, 0.4) is 0 Å². The number of nitro groups is 1. The molecule has 1 N–H and O–H groups in total. The number of carbonyl (C=O) groups excluding carboxylic acids is 3. The SMILES string of the molecule is COC(=O)c1cc(C(=O)Nc2ccc(OC)c(N3CCCC3=O)c2)cc([N+](=O)[O-])c1. The summed E-state index contributed by atoms with van der Waals surface area (Å²) < 4.78 is 9.90. The van der Waals surface area contributed by atoms with Crippen molar-refractivity contribution in [3.8, 4) is 5.75 Å². The van der Waals surface area contributed by atoms with E-state index in [0.717, 1.165) is 25.7 Å². The van der Waals surface area contributed by atoms with Crippen molar-refractivity contribution in [2.75, 3.05) is 31.0 Å². The number of rotatable bonds is 6. The molecule has 0 bridgehead atoms. The number of hydrogen-bond acceptors (Lipinski definition) is 7. The van der Waals surface area contributed by atoms with Crippen LogP contribution in [0.1, 0.15) is 33.6 Å². The molecule has 1 aliphatic heterocycles. The van der Waals surface area contributed by atoms with Gasteiger partial charge < -0.3 is 19.7 Å². The molecule has 10 heteroatoms. The number of amides is 2. The number of hydrogen-bond donors (Lipinski definition) is 1. The Balaban J connectivity index is 1.92. The average Bonchev–Trinajstić information content (AvgIpc) is 3.18. The van der Waals surface area contributed by atoms with Gasteiger partial charge in [-0.3, -0.25) is 19.7 Å². The van der Waals surface area contributed by atoms with E-state index in [2.05, 4.69) is 10.1 Å². The van der Waals surface area contributed by atoms with Gasteiger partial charge >= 0.3 is 5.97 Å². The summed E-state index contributed by atoms with van der Waals surface area (Å²) in [5.74, 6) is -1.02. The van der Waals surface area contributed by atoms with E-state index in [-0.39, 0.29) is 17.0 Å². The highest BCUT2D eigenvalue weighted by molar-refractivity contribution is 6.07. The molecule has 0 aromatic heterocycles. The number of non-ortho nitro benzene ring substituents is 1. The minimum absolute atomic E-state index is 0.0434. The molecule has 0 saturated carbocycles. The number of carbonyl (C=O) groups is 3. The molecule has 2 aromatic carbocycles. The molecule has 1 heterocycles. The number of ether oxygens (including phenoxy) is 2. The third kappa shape index (κ3) is 4.22. The second kappa shape index (κ2) is 8.60. The van der Waals surface area contributed by atoms with Crippen LogP contribution in [0.5, 0.6) is 5.75 Å². The molecular weight excluding hydrogens is 394 g/mol. The van der Waals surface area contributed by atoms with Gasteiger partial charge in [-0.15, -0.1) is 0 Å². The summed E-state index contributed by atoms with van der Waals surface area (Å²) in [5.41, 5.74) is 0.268. The molecule has 0 unspecified atom stereocenters. The highest BCUT2D eigenvalue weighted by atomic mass is 16.6. The van der Waals surface area contributed by atoms with Crippen LogP contribution in [-0.4, -0.2) is 43.5 Å². The summed E-state index contributed by atoms with van der Waals surface area (Å²) in [6.45, 7) is 0.542. The van der Waals surface area contributed by atoms with Gasteiger partial charge in [0.05, 0.1) is 30.4 Å². The summed E-state index contributed by atoms with van der Waals surface area (Å²) in [4.78, 5) is 48.6. The Bertz CT molecular complexity index is 1040. The first-order valence-electron chi connectivity index (χ1n) is 9.01. The lowest BCUT2D eigenvalue weighted by Crippen LogP contribution is -2.24. The lowest BCUT2D eigenvalue weighted by Gasteiger charge is -2.20. The molecule has 156 valence electrons. The summed E-state index contributed by atoms with van der Waals surface area (Å²) in [5, 5.41) is 13.8. The number of anilines is 2. The summed E-state index contributed by atoms with van der Waals surface area (Å²) in [6.07, 6.45) is 1.16. The quantitative estimate of drug-likeness (QED) is 0.438. The first kappa shape index (κ1) is 20.8. The Morgan fingerprint density at radius 3 is 2.47 bits per heavy atom. The molecule has 3 rings (SSSR count). The van der Waals surface area contributed by atoms with Gasteiger partial charge in [0, 0.05) is 36.3 Å². The van der Waals surface area contributed by atoms with Crippen LogP contribution in [0, 0.1) is 10.1 Å². The minimum atomic E-state index is -0.799. The highest BCUT2D eigenvalue weighted by Gasteiger charge is 2.25. The summed E-state index contributed by atoms with van der Waals surface area (Å²) in [7, 11) is 2.62. The van der Waals surface area contributed by atoms with E-state index in [1.54, 1.807) is 23.1 Å². The predicted molar refractivity (Wildman–Crippen MR) is 107 cm³/mol. The molecule has 1 saturated heterocycles. The molecule has 0 radical (unpaired) electrons. The first-order chi connectivity index (χ1) is 14.3. The van der Waals surface area contributed by atoms with Crippen LogP contribution in [0.2, 0.25) is 0 Å². The maximum Gasteiger partial charge on any atom is 0.338 e. The molecule has 0 aliphatic carbocycles. The zero-order valence-corrected chi connectivity index (χ0v) is 16.3. The topological polar surface area (TPSA) is 128 Å². The van der Waals surface area contributed by atoms with E-state index < -0.39 is 22.5 Å².